The summed E-state index contributed by atoms with van der Waals surface area (Å²) in [5.74, 6) is -0.345. The van der Waals surface area contributed by atoms with E-state index in [0.717, 1.165) is 11.6 Å². The molecule has 0 aromatic heterocycles. The van der Waals surface area contributed by atoms with Gasteiger partial charge in [0.15, 0.2) is 0 Å². The smallest absolute Gasteiger partial charge is 0.326 e. The molecule has 3 aromatic rings. The van der Waals surface area contributed by atoms with E-state index in [4.69, 9.17) is 5.73 Å². The Morgan fingerprint density at radius 3 is 2.44 bits per heavy atom. The average molecular weight is 498 g/mol. The number of para-hydroxylation sites is 1. The van der Waals surface area contributed by atoms with Crippen molar-refractivity contribution in [2.75, 3.05) is 27.2 Å². The van der Waals surface area contributed by atoms with Crippen LogP contribution in [0.15, 0.2) is 72.8 Å². The molecule has 1 aliphatic rings. The summed E-state index contributed by atoms with van der Waals surface area (Å²) < 4.78 is 41.8. The second kappa shape index (κ2) is 10.7. The van der Waals surface area contributed by atoms with Crippen LogP contribution in [0.3, 0.4) is 0 Å². The molecule has 0 atom stereocenters. The van der Waals surface area contributed by atoms with Gasteiger partial charge in [-0.3, -0.25) is 10.2 Å². The van der Waals surface area contributed by atoms with E-state index in [9.17, 15) is 22.8 Å². The van der Waals surface area contributed by atoms with Gasteiger partial charge in [-0.1, -0.05) is 30.3 Å². The van der Waals surface area contributed by atoms with E-state index in [1.807, 2.05) is 6.07 Å². The van der Waals surface area contributed by atoms with E-state index >= 15 is 0 Å². The number of hydrazine groups is 1. The molecule has 36 heavy (non-hydrogen) atoms. The Morgan fingerprint density at radius 1 is 0.972 bits per heavy atom. The van der Waals surface area contributed by atoms with Crippen LogP contribution in [0.25, 0.3) is 0 Å². The molecule has 7 nitrogen and oxygen atoms in total. The number of rotatable bonds is 6. The third kappa shape index (κ3) is 5.77. The highest BCUT2D eigenvalue weighted by Crippen LogP contribution is 2.39. The third-order valence-corrected chi connectivity index (χ3v) is 5.79. The highest BCUT2D eigenvalue weighted by molar-refractivity contribution is 6.03. The van der Waals surface area contributed by atoms with Gasteiger partial charge in [-0.25, -0.2) is 9.80 Å². The first-order chi connectivity index (χ1) is 17.3. The van der Waals surface area contributed by atoms with Gasteiger partial charge in [0.25, 0.3) is 0 Å². The van der Waals surface area contributed by atoms with E-state index in [1.165, 1.54) is 22.0 Å². The normalized spacial score (nSPS) is 13.9. The molecule has 0 unspecified atom stereocenters. The first kappa shape index (κ1) is 25.1. The minimum Gasteiger partial charge on any atom is -0.326 e. The first-order valence-electron chi connectivity index (χ1n) is 11.5. The summed E-state index contributed by atoms with van der Waals surface area (Å²) in [6, 6.07) is 18.5. The van der Waals surface area contributed by atoms with Crippen molar-refractivity contribution in [1.29, 1.82) is 0 Å². The van der Waals surface area contributed by atoms with Crippen molar-refractivity contribution in [3.8, 4) is 0 Å². The molecule has 4 N–H and O–H groups in total. The number of nitrogens with one attached hydrogen (secondary N) is 2. The van der Waals surface area contributed by atoms with Gasteiger partial charge in [-0.2, -0.15) is 13.2 Å². The molecule has 4 rings (SSSR count). The zero-order chi connectivity index (χ0) is 25.7. The average Bonchev–Trinajstić information content (AvgIpc) is 2.88. The van der Waals surface area contributed by atoms with Gasteiger partial charge in [-0.05, 0) is 60.9 Å². The van der Waals surface area contributed by atoms with Crippen LogP contribution in [-0.2, 0) is 17.5 Å². The molecule has 0 spiro atoms. The summed E-state index contributed by atoms with van der Waals surface area (Å²) in [6.45, 7) is 0.528. The summed E-state index contributed by atoms with van der Waals surface area (Å²) in [7, 11) is 0. The molecular weight excluding hydrogens is 471 g/mol. The molecule has 1 aliphatic heterocycles. The molecule has 188 valence electrons. The Morgan fingerprint density at radius 2 is 1.75 bits per heavy atom. The lowest BCUT2D eigenvalue weighted by Gasteiger charge is -2.30. The van der Waals surface area contributed by atoms with Gasteiger partial charge in [0.05, 0.1) is 22.6 Å². The number of carbonyl (C=O) groups excluding carboxylic acids is 2. The monoisotopic (exact) mass is 497 g/mol. The Kier molecular flexibility index (Phi) is 7.44. The fourth-order valence-electron chi connectivity index (χ4n) is 4.02. The lowest BCUT2D eigenvalue weighted by molar-refractivity contribution is -0.137. The largest absolute Gasteiger partial charge is 0.418 e. The van der Waals surface area contributed by atoms with Crippen molar-refractivity contribution in [3.63, 3.8) is 0 Å². The minimum atomic E-state index is -4.71. The fourth-order valence-corrected chi connectivity index (χ4v) is 4.02. The van der Waals surface area contributed by atoms with Crippen LogP contribution in [0.4, 0.5) is 40.7 Å². The van der Waals surface area contributed by atoms with E-state index in [-0.39, 0.29) is 30.2 Å². The SMILES string of the molecule is NCc1cccc(NN(C(=O)Nc2ccc(N3CCCCC3=O)c(C(F)(F)F)c2)c2ccccc2)c1. The van der Waals surface area contributed by atoms with Crippen LogP contribution in [0.2, 0.25) is 0 Å². The minimum absolute atomic E-state index is 0.0565. The molecule has 0 aliphatic carbocycles. The van der Waals surface area contributed by atoms with Crippen LogP contribution >= 0.6 is 0 Å². The number of alkyl halides is 3. The predicted molar refractivity (Wildman–Crippen MR) is 134 cm³/mol. The zero-order valence-corrected chi connectivity index (χ0v) is 19.4. The quantitative estimate of drug-likeness (QED) is 0.379. The van der Waals surface area contributed by atoms with E-state index in [1.54, 1.807) is 48.5 Å². The van der Waals surface area contributed by atoms with Crippen molar-refractivity contribution in [3.05, 3.63) is 83.9 Å². The number of nitrogens with zero attached hydrogens (tertiary/aromatic N) is 2. The first-order valence-corrected chi connectivity index (χ1v) is 11.5. The second-order valence-electron chi connectivity index (χ2n) is 8.35. The maximum Gasteiger partial charge on any atom is 0.418 e. The van der Waals surface area contributed by atoms with Crippen molar-refractivity contribution >= 4 is 34.7 Å². The molecule has 0 radical (unpaired) electrons. The maximum absolute atomic E-state index is 13.9. The second-order valence-corrected chi connectivity index (χ2v) is 8.35. The predicted octanol–water partition coefficient (Wildman–Crippen LogP) is 5.75. The van der Waals surface area contributed by atoms with Gasteiger partial charge in [0, 0.05) is 25.2 Å². The molecule has 0 bridgehead atoms. The summed E-state index contributed by atoms with van der Waals surface area (Å²) in [5, 5.41) is 3.74. The Balaban J connectivity index is 1.63. The van der Waals surface area contributed by atoms with Gasteiger partial charge >= 0.3 is 12.2 Å². The van der Waals surface area contributed by atoms with Gasteiger partial charge in [-0.15, -0.1) is 0 Å². The molecule has 3 aromatic carbocycles. The molecule has 10 heteroatoms. The summed E-state index contributed by atoms with van der Waals surface area (Å²) in [4.78, 5) is 26.7. The lowest BCUT2D eigenvalue weighted by Crippen LogP contribution is -2.40. The number of urea groups is 1. The fraction of sp³-hybridized carbons (Fsp3) is 0.231. The number of amides is 3. The maximum atomic E-state index is 13.9. The topological polar surface area (TPSA) is 90.7 Å². The molecule has 1 heterocycles. The third-order valence-electron chi connectivity index (χ3n) is 5.79. The number of carbonyl (C=O) groups is 2. The number of nitrogens with two attached hydrogens (primary N) is 1. The van der Waals surface area contributed by atoms with Gasteiger partial charge < -0.3 is 16.0 Å². The Bertz CT molecular complexity index is 1230. The standard InChI is InChI=1S/C26H26F3N5O2/c27-26(28,29)22-16-19(12-13-23(22)33-14-5-4-11-24(33)35)31-25(36)34(21-9-2-1-3-10-21)32-20-8-6-7-18(15-20)17-30/h1-3,6-10,12-13,15-16,32H,4-5,11,14,17,30H2,(H,31,36). The van der Waals surface area contributed by atoms with Gasteiger partial charge in [0.1, 0.15) is 0 Å². The summed E-state index contributed by atoms with van der Waals surface area (Å²) in [5.41, 5.74) is 9.35. The number of halogens is 3. The Labute approximate surface area is 206 Å². The van der Waals surface area contributed by atoms with Crippen molar-refractivity contribution in [1.82, 2.24) is 0 Å². The summed E-state index contributed by atoms with van der Waals surface area (Å²) in [6.07, 6.45) is -3.22. The van der Waals surface area contributed by atoms with Crippen LogP contribution < -0.4 is 26.4 Å². The zero-order valence-electron chi connectivity index (χ0n) is 19.4. The van der Waals surface area contributed by atoms with Crippen LogP contribution in [-0.4, -0.2) is 18.5 Å². The van der Waals surface area contributed by atoms with E-state index in [2.05, 4.69) is 10.7 Å². The molecule has 1 saturated heterocycles. The van der Waals surface area contributed by atoms with Gasteiger partial charge in [0.2, 0.25) is 5.91 Å². The van der Waals surface area contributed by atoms with Crippen molar-refractivity contribution < 1.29 is 22.8 Å². The number of hydrogen-bond donors (Lipinski definition) is 3. The van der Waals surface area contributed by atoms with Crippen molar-refractivity contribution in [2.24, 2.45) is 5.73 Å². The molecular formula is C26H26F3N5O2. The van der Waals surface area contributed by atoms with Crippen LogP contribution in [0.5, 0.6) is 0 Å². The molecule has 3 amide bonds. The molecule has 1 fully saturated rings. The molecule has 0 saturated carbocycles. The number of piperidine rings is 1. The highest BCUT2D eigenvalue weighted by Gasteiger charge is 2.37. The van der Waals surface area contributed by atoms with Crippen LogP contribution in [0.1, 0.15) is 30.4 Å². The van der Waals surface area contributed by atoms with Crippen LogP contribution in [0, 0.1) is 0 Å². The number of hydrogen-bond acceptors (Lipinski definition) is 4. The number of anilines is 4. The van der Waals surface area contributed by atoms with Crippen molar-refractivity contribution in [2.45, 2.75) is 32.0 Å². The highest BCUT2D eigenvalue weighted by atomic mass is 19.4. The Hall–Kier alpha value is -4.05. The number of benzene rings is 3. The summed E-state index contributed by atoms with van der Waals surface area (Å²) >= 11 is 0. The van der Waals surface area contributed by atoms with E-state index in [0.29, 0.717) is 30.8 Å². The van der Waals surface area contributed by atoms with E-state index < -0.39 is 17.8 Å². The lowest BCUT2D eigenvalue weighted by atomic mass is 10.1.